The van der Waals surface area contributed by atoms with Crippen LogP contribution in [0.2, 0.25) is 0 Å². The standard InChI is InChI=1S/C17H23N7O3/c25-15(26)6-5-12-10-13-11-22(7-3-9-23(13)19-12)17(27)14-4-1-2-8-24-16(14)18-20-21-24/h10,14H,1-9,11H2,(H,25,26)/t14-/m1/s1. The van der Waals surface area contributed by atoms with E-state index in [4.69, 9.17) is 5.11 Å². The van der Waals surface area contributed by atoms with E-state index in [2.05, 4.69) is 20.6 Å². The van der Waals surface area contributed by atoms with Crippen molar-refractivity contribution in [1.82, 2.24) is 34.9 Å². The number of fused-ring (bicyclic) bond motifs is 2. The molecule has 2 aromatic heterocycles. The number of aryl methyl sites for hydroxylation is 3. The number of carbonyl (C=O) groups is 2. The van der Waals surface area contributed by atoms with E-state index in [9.17, 15) is 9.59 Å². The van der Waals surface area contributed by atoms with Crippen molar-refractivity contribution in [2.45, 2.75) is 64.1 Å². The van der Waals surface area contributed by atoms with Crippen LogP contribution in [0.4, 0.5) is 0 Å². The minimum absolute atomic E-state index is 0.0594. The third-order valence-corrected chi connectivity index (χ3v) is 5.25. The lowest BCUT2D eigenvalue weighted by molar-refractivity contribution is -0.137. The molecule has 10 nitrogen and oxygen atoms in total. The van der Waals surface area contributed by atoms with Gasteiger partial charge in [-0.3, -0.25) is 14.3 Å². The molecule has 0 saturated carbocycles. The van der Waals surface area contributed by atoms with Gasteiger partial charge in [0.15, 0.2) is 5.82 Å². The molecule has 4 rings (SSSR count). The number of amides is 1. The van der Waals surface area contributed by atoms with Crippen LogP contribution in [0.25, 0.3) is 0 Å². The lowest BCUT2D eigenvalue weighted by Gasteiger charge is -2.24. The van der Waals surface area contributed by atoms with Crippen LogP contribution in [0.15, 0.2) is 6.07 Å². The summed E-state index contributed by atoms with van der Waals surface area (Å²) in [6, 6.07) is 1.92. The second kappa shape index (κ2) is 7.45. The molecule has 0 saturated heterocycles. The highest BCUT2D eigenvalue weighted by molar-refractivity contribution is 5.83. The number of hydrogen-bond donors (Lipinski definition) is 1. The maximum Gasteiger partial charge on any atom is 0.303 e. The predicted molar refractivity (Wildman–Crippen MR) is 92.6 cm³/mol. The van der Waals surface area contributed by atoms with Gasteiger partial charge >= 0.3 is 5.97 Å². The quantitative estimate of drug-likeness (QED) is 0.833. The summed E-state index contributed by atoms with van der Waals surface area (Å²) in [5, 5.41) is 25.2. The zero-order valence-electron chi connectivity index (χ0n) is 15.1. The first-order valence-corrected chi connectivity index (χ1v) is 9.44. The molecule has 27 heavy (non-hydrogen) atoms. The van der Waals surface area contributed by atoms with Crippen molar-refractivity contribution in [3.05, 3.63) is 23.3 Å². The highest BCUT2D eigenvalue weighted by atomic mass is 16.4. The summed E-state index contributed by atoms with van der Waals surface area (Å²) in [6.07, 6.45) is 3.98. The summed E-state index contributed by atoms with van der Waals surface area (Å²) in [5.74, 6) is -0.406. The monoisotopic (exact) mass is 373 g/mol. The number of hydrogen-bond acceptors (Lipinski definition) is 6. The number of carboxylic acids is 1. The molecule has 1 atom stereocenters. The van der Waals surface area contributed by atoms with Gasteiger partial charge in [-0.1, -0.05) is 6.42 Å². The Labute approximate surface area is 156 Å². The van der Waals surface area contributed by atoms with Gasteiger partial charge in [-0.15, -0.1) is 5.10 Å². The molecule has 0 aromatic carbocycles. The Morgan fingerprint density at radius 2 is 2.00 bits per heavy atom. The van der Waals surface area contributed by atoms with Gasteiger partial charge in [0.1, 0.15) is 0 Å². The van der Waals surface area contributed by atoms with Gasteiger partial charge in [0.2, 0.25) is 5.91 Å². The van der Waals surface area contributed by atoms with Crippen LogP contribution in [0.1, 0.15) is 55.2 Å². The summed E-state index contributed by atoms with van der Waals surface area (Å²) < 4.78 is 3.66. The van der Waals surface area contributed by atoms with Crippen molar-refractivity contribution in [2.75, 3.05) is 6.54 Å². The fourth-order valence-electron chi connectivity index (χ4n) is 3.88. The summed E-state index contributed by atoms with van der Waals surface area (Å²) >= 11 is 0. The van der Waals surface area contributed by atoms with E-state index in [1.54, 1.807) is 4.68 Å². The zero-order chi connectivity index (χ0) is 18.8. The third-order valence-electron chi connectivity index (χ3n) is 5.25. The molecule has 2 aliphatic heterocycles. The maximum atomic E-state index is 13.3. The third kappa shape index (κ3) is 3.69. The molecule has 0 bridgehead atoms. The molecule has 2 aliphatic rings. The van der Waals surface area contributed by atoms with Crippen LogP contribution in [0.5, 0.6) is 0 Å². The lowest BCUT2D eigenvalue weighted by atomic mass is 10.0. The number of nitrogens with zero attached hydrogens (tertiary/aromatic N) is 7. The highest BCUT2D eigenvalue weighted by Gasteiger charge is 2.33. The molecule has 0 unspecified atom stereocenters. The molecular formula is C17H23N7O3. The molecule has 2 aromatic rings. The molecule has 1 amide bonds. The van der Waals surface area contributed by atoms with Crippen LogP contribution in [0.3, 0.4) is 0 Å². The van der Waals surface area contributed by atoms with E-state index in [0.717, 1.165) is 50.2 Å². The van der Waals surface area contributed by atoms with E-state index in [1.807, 2.05) is 15.6 Å². The Morgan fingerprint density at radius 3 is 2.85 bits per heavy atom. The minimum Gasteiger partial charge on any atom is -0.481 e. The fourth-order valence-corrected chi connectivity index (χ4v) is 3.88. The van der Waals surface area contributed by atoms with Crippen LogP contribution >= 0.6 is 0 Å². The summed E-state index contributed by atoms with van der Waals surface area (Å²) in [5.41, 5.74) is 1.72. The second-order valence-electron chi connectivity index (χ2n) is 7.17. The summed E-state index contributed by atoms with van der Waals surface area (Å²) in [7, 11) is 0. The van der Waals surface area contributed by atoms with E-state index in [0.29, 0.717) is 25.3 Å². The second-order valence-corrected chi connectivity index (χ2v) is 7.17. The number of aliphatic carboxylic acids is 1. The molecule has 10 heteroatoms. The van der Waals surface area contributed by atoms with E-state index in [1.165, 1.54) is 0 Å². The first-order chi connectivity index (χ1) is 13.1. The van der Waals surface area contributed by atoms with Gasteiger partial charge in [-0.25, -0.2) is 4.68 Å². The Morgan fingerprint density at radius 1 is 1.15 bits per heavy atom. The minimum atomic E-state index is -0.832. The van der Waals surface area contributed by atoms with Gasteiger partial charge in [0, 0.05) is 26.1 Å². The van der Waals surface area contributed by atoms with Crippen molar-refractivity contribution < 1.29 is 14.7 Å². The molecular weight excluding hydrogens is 350 g/mol. The number of carbonyl (C=O) groups excluding carboxylic acids is 1. The number of rotatable bonds is 4. The van der Waals surface area contributed by atoms with E-state index in [-0.39, 0.29) is 18.2 Å². The van der Waals surface area contributed by atoms with Crippen LogP contribution in [-0.4, -0.2) is 58.4 Å². The zero-order valence-corrected chi connectivity index (χ0v) is 15.1. The molecule has 0 fully saturated rings. The van der Waals surface area contributed by atoms with Crippen molar-refractivity contribution in [3.63, 3.8) is 0 Å². The molecule has 0 spiro atoms. The average Bonchev–Trinajstić information content (AvgIpc) is 3.15. The SMILES string of the molecule is O=C(O)CCc1cc2n(n1)CCCN(C(=O)[C@@H]1CCCCn3nnnc31)C2. The van der Waals surface area contributed by atoms with Crippen LogP contribution < -0.4 is 0 Å². The first kappa shape index (κ1) is 17.6. The van der Waals surface area contributed by atoms with Crippen LogP contribution in [0, 0.1) is 0 Å². The largest absolute Gasteiger partial charge is 0.481 e. The smallest absolute Gasteiger partial charge is 0.303 e. The van der Waals surface area contributed by atoms with Crippen molar-refractivity contribution in [3.8, 4) is 0 Å². The lowest BCUT2D eigenvalue weighted by Crippen LogP contribution is -2.35. The maximum absolute atomic E-state index is 13.3. The molecule has 4 heterocycles. The normalized spacial score (nSPS) is 19.7. The van der Waals surface area contributed by atoms with Crippen molar-refractivity contribution in [2.24, 2.45) is 0 Å². The molecule has 0 aliphatic carbocycles. The molecule has 1 N–H and O–H groups in total. The summed E-state index contributed by atoms with van der Waals surface area (Å²) in [4.78, 5) is 25.9. The average molecular weight is 373 g/mol. The molecule has 0 radical (unpaired) electrons. The first-order valence-electron chi connectivity index (χ1n) is 9.44. The Balaban J connectivity index is 1.51. The van der Waals surface area contributed by atoms with Gasteiger partial charge in [0.25, 0.3) is 0 Å². The van der Waals surface area contributed by atoms with E-state index >= 15 is 0 Å². The van der Waals surface area contributed by atoms with Gasteiger partial charge < -0.3 is 10.0 Å². The van der Waals surface area contributed by atoms with Crippen LogP contribution in [-0.2, 0) is 35.6 Å². The predicted octanol–water partition coefficient (Wildman–Crippen LogP) is 0.587. The number of tetrazole rings is 1. The number of aromatic nitrogens is 6. The Bertz CT molecular complexity index is 843. The highest BCUT2D eigenvalue weighted by Crippen LogP contribution is 2.27. The van der Waals surface area contributed by atoms with Gasteiger partial charge in [-0.2, -0.15) is 5.10 Å². The van der Waals surface area contributed by atoms with Gasteiger partial charge in [0.05, 0.1) is 30.3 Å². The molecule has 144 valence electrons. The van der Waals surface area contributed by atoms with Gasteiger partial charge in [-0.05, 0) is 35.8 Å². The number of carboxylic acid groups (broad SMARTS) is 1. The van der Waals surface area contributed by atoms with Crippen molar-refractivity contribution >= 4 is 11.9 Å². The van der Waals surface area contributed by atoms with Crippen molar-refractivity contribution in [1.29, 1.82) is 0 Å². The summed E-state index contributed by atoms with van der Waals surface area (Å²) in [6.45, 7) is 2.64. The van der Waals surface area contributed by atoms with E-state index < -0.39 is 5.97 Å². The Kier molecular flexibility index (Phi) is 4.87. The fraction of sp³-hybridized carbons (Fsp3) is 0.647. The Hall–Kier alpha value is -2.78. The topological polar surface area (TPSA) is 119 Å².